The smallest absolute Gasteiger partial charge is 0.0169 e. The Labute approximate surface area is 275 Å². The van der Waals surface area contributed by atoms with Gasteiger partial charge in [0.25, 0.3) is 0 Å². The van der Waals surface area contributed by atoms with E-state index in [0.29, 0.717) is 5.66 Å². The van der Waals surface area contributed by atoms with Gasteiger partial charge in [0.15, 0.2) is 0 Å². The number of hydrogen-bond donors (Lipinski definition) is 0. The summed E-state index contributed by atoms with van der Waals surface area (Å²) < 4.78 is 0. The first-order chi connectivity index (χ1) is 22.9. The van der Waals surface area contributed by atoms with Gasteiger partial charge in [0.1, 0.15) is 0 Å². The van der Waals surface area contributed by atoms with Gasteiger partial charge in [-0.3, -0.25) is 0 Å². The van der Waals surface area contributed by atoms with Crippen LogP contribution in [0.4, 0.5) is 0 Å². The Bertz CT molecular complexity index is 1990. The summed E-state index contributed by atoms with van der Waals surface area (Å²) >= 11 is 0. The predicted octanol–water partition coefficient (Wildman–Crippen LogP) is 7.21. The lowest BCUT2D eigenvalue weighted by Crippen LogP contribution is -2.39. The number of aryl methyl sites for hydroxylation is 1. The number of hydrogen-bond acceptors (Lipinski definition) is 0. The fourth-order valence-corrected chi connectivity index (χ4v) is 12.9. The zero-order chi connectivity index (χ0) is 30.7. The number of fused-ring (bicyclic) bond motifs is 2. The summed E-state index contributed by atoms with van der Waals surface area (Å²) in [4.78, 5) is 0. The lowest BCUT2D eigenvalue weighted by atomic mass is 9.82. The first-order valence-corrected chi connectivity index (χ1v) is 19.4. The molecular weight excluding hydrogens is 590 g/mol. The molecule has 0 radical (unpaired) electrons. The van der Waals surface area contributed by atoms with Gasteiger partial charge in [-0.05, 0) is 107 Å². The molecular formula is C44H38P2. The van der Waals surface area contributed by atoms with Crippen molar-refractivity contribution in [2.24, 2.45) is 0 Å². The van der Waals surface area contributed by atoms with E-state index in [4.69, 9.17) is 0 Å². The van der Waals surface area contributed by atoms with Gasteiger partial charge >= 0.3 is 0 Å². The molecule has 2 aliphatic carbocycles. The number of rotatable bonds is 7. The lowest BCUT2D eigenvalue weighted by Gasteiger charge is -2.36. The van der Waals surface area contributed by atoms with E-state index < -0.39 is 15.8 Å². The van der Waals surface area contributed by atoms with Crippen LogP contribution in [0.1, 0.15) is 36.0 Å². The van der Waals surface area contributed by atoms with Gasteiger partial charge in [-0.1, -0.05) is 164 Å². The van der Waals surface area contributed by atoms with Crippen LogP contribution < -0.4 is 37.0 Å². The Kier molecular flexibility index (Phi) is 8.51. The molecule has 0 nitrogen and oxygen atoms in total. The molecule has 2 aliphatic rings. The van der Waals surface area contributed by atoms with E-state index in [1.165, 1.54) is 56.2 Å². The standard InChI is InChI=1S/C44H38P2/c1-5-19-35(20-6-1)45(36-21-7-2-8-22-36)41-31-29-33-17-13-15-27-39(33)43(41)44-40-28-16-14-18-34(40)30-32-42(44)46(37-23-9-3-10-24-37)38-25-11-4-12-26-38/h1-13,15,17,19-27,29-30,32,41H,14,16,18,28,31H2/t41-/m0/s1. The maximum atomic E-state index is 2.53. The van der Waals surface area contributed by atoms with E-state index in [0.717, 1.165) is 12.8 Å². The van der Waals surface area contributed by atoms with Crippen molar-refractivity contribution in [2.75, 3.05) is 0 Å². The first kappa shape index (κ1) is 29.3. The number of benzene rings is 6. The van der Waals surface area contributed by atoms with Gasteiger partial charge in [-0.2, -0.15) is 0 Å². The Morgan fingerprint density at radius 3 is 1.61 bits per heavy atom. The molecule has 0 heterocycles. The van der Waals surface area contributed by atoms with Crippen LogP contribution in [0.15, 0.2) is 158 Å². The van der Waals surface area contributed by atoms with Crippen molar-refractivity contribution >= 4 is 54.0 Å². The third-order valence-electron chi connectivity index (χ3n) is 9.58. The van der Waals surface area contributed by atoms with Gasteiger partial charge < -0.3 is 0 Å². The van der Waals surface area contributed by atoms with Gasteiger partial charge in [0, 0.05) is 5.66 Å². The van der Waals surface area contributed by atoms with E-state index in [1.807, 2.05) is 0 Å². The summed E-state index contributed by atoms with van der Waals surface area (Å²) in [6.45, 7) is 0. The van der Waals surface area contributed by atoms with Gasteiger partial charge in [-0.25, -0.2) is 0 Å². The monoisotopic (exact) mass is 628 g/mol. The topological polar surface area (TPSA) is 0 Å². The molecule has 0 spiro atoms. The van der Waals surface area contributed by atoms with E-state index in [1.54, 1.807) is 22.3 Å². The summed E-state index contributed by atoms with van der Waals surface area (Å²) in [5.41, 5.74) is 6.66. The molecule has 0 aromatic heterocycles. The molecule has 46 heavy (non-hydrogen) atoms. The van der Waals surface area contributed by atoms with Gasteiger partial charge in [-0.15, -0.1) is 0 Å². The Balaban J connectivity index is 1.47. The maximum Gasteiger partial charge on any atom is 0.0169 e. The van der Waals surface area contributed by atoms with Crippen LogP contribution in [0.2, 0.25) is 0 Å². The second-order valence-electron chi connectivity index (χ2n) is 12.3. The van der Waals surface area contributed by atoms with Crippen molar-refractivity contribution in [3.63, 3.8) is 0 Å². The van der Waals surface area contributed by atoms with Crippen LogP contribution in [-0.2, 0) is 12.8 Å². The summed E-state index contributed by atoms with van der Waals surface area (Å²) in [5.74, 6) is 0. The molecule has 8 rings (SSSR count). The zero-order valence-corrected chi connectivity index (χ0v) is 27.9. The molecule has 0 bridgehead atoms. The fraction of sp³-hybridized carbons (Fsp3) is 0.136. The second-order valence-corrected chi connectivity index (χ2v) is 16.9. The molecule has 0 aliphatic heterocycles. The predicted molar refractivity (Wildman–Crippen MR) is 202 cm³/mol. The summed E-state index contributed by atoms with van der Waals surface area (Å²) in [5, 5.41) is 10.1. The molecule has 0 N–H and O–H groups in total. The SMILES string of the molecule is C1=c2ccccc2=C(c2c(P(c3ccccc3)c3ccccc3)ccc3c2CCCC3)[C@@H](P(c2ccccc2)c2ccccc2)C1. The molecule has 0 saturated heterocycles. The van der Waals surface area contributed by atoms with Crippen LogP contribution in [0, 0.1) is 0 Å². The van der Waals surface area contributed by atoms with Crippen molar-refractivity contribution < 1.29 is 0 Å². The van der Waals surface area contributed by atoms with Crippen molar-refractivity contribution in [3.05, 3.63) is 185 Å². The summed E-state index contributed by atoms with van der Waals surface area (Å²) in [6.07, 6.45) is 8.44. The van der Waals surface area contributed by atoms with Crippen LogP contribution in [0.5, 0.6) is 0 Å². The average Bonchev–Trinajstić information content (AvgIpc) is 3.14. The molecule has 1 atom stereocenters. The zero-order valence-electron chi connectivity index (χ0n) is 26.1. The molecule has 0 unspecified atom stereocenters. The van der Waals surface area contributed by atoms with Crippen molar-refractivity contribution in [1.82, 2.24) is 0 Å². The van der Waals surface area contributed by atoms with Crippen LogP contribution in [0.3, 0.4) is 0 Å². The largest absolute Gasteiger partial charge is 0.0757 e. The highest BCUT2D eigenvalue weighted by molar-refractivity contribution is 7.80. The molecule has 0 fully saturated rings. The molecule has 6 aromatic rings. The molecule has 0 saturated carbocycles. The molecule has 2 heteroatoms. The molecule has 224 valence electrons. The summed E-state index contributed by atoms with van der Waals surface area (Å²) in [6, 6.07) is 59.6. The average molecular weight is 629 g/mol. The minimum absolute atomic E-state index is 0.366. The summed E-state index contributed by atoms with van der Waals surface area (Å²) in [7, 11) is -1.44. The van der Waals surface area contributed by atoms with Gasteiger partial charge in [0.2, 0.25) is 0 Å². The molecule has 6 aromatic carbocycles. The highest BCUT2D eigenvalue weighted by atomic mass is 31.1. The first-order valence-electron chi connectivity index (χ1n) is 16.6. The lowest BCUT2D eigenvalue weighted by molar-refractivity contribution is 0.684. The molecule has 0 amide bonds. The third kappa shape index (κ3) is 5.60. The maximum absolute atomic E-state index is 2.53. The Hall–Kier alpha value is -4.08. The second kappa shape index (κ2) is 13.3. The van der Waals surface area contributed by atoms with Crippen molar-refractivity contribution in [2.45, 2.75) is 37.8 Å². The van der Waals surface area contributed by atoms with Crippen molar-refractivity contribution in [1.29, 1.82) is 0 Å². The normalized spacial score (nSPS) is 15.7. The van der Waals surface area contributed by atoms with Crippen LogP contribution in [-0.4, -0.2) is 5.66 Å². The Morgan fingerprint density at radius 2 is 1.00 bits per heavy atom. The van der Waals surface area contributed by atoms with E-state index in [-0.39, 0.29) is 0 Å². The van der Waals surface area contributed by atoms with Crippen LogP contribution >= 0.6 is 15.8 Å². The Morgan fingerprint density at radius 1 is 0.478 bits per heavy atom. The van der Waals surface area contributed by atoms with E-state index >= 15 is 0 Å². The minimum atomic E-state index is -0.767. The van der Waals surface area contributed by atoms with E-state index in [9.17, 15) is 0 Å². The third-order valence-corrected chi connectivity index (χ3v) is 14.9. The van der Waals surface area contributed by atoms with Crippen LogP contribution in [0.25, 0.3) is 11.6 Å². The quantitative estimate of drug-likeness (QED) is 0.164. The van der Waals surface area contributed by atoms with Gasteiger partial charge in [0.05, 0.1) is 0 Å². The minimum Gasteiger partial charge on any atom is -0.0757 e. The fourth-order valence-electron chi connectivity index (χ4n) is 7.56. The highest BCUT2D eigenvalue weighted by Crippen LogP contribution is 2.50. The highest BCUT2D eigenvalue weighted by Gasteiger charge is 2.34. The van der Waals surface area contributed by atoms with Crippen molar-refractivity contribution in [3.8, 4) is 0 Å². The van der Waals surface area contributed by atoms with E-state index in [2.05, 4.69) is 164 Å².